The molecule has 0 unspecified atom stereocenters. The molecule has 0 atom stereocenters. The normalized spacial score (nSPS) is 18.0. The summed E-state index contributed by atoms with van der Waals surface area (Å²) >= 11 is 3.20. The molecular weight excluding hydrogens is 286 g/mol. The van der Waals surface area contributed by atoms with Crippen molar-refractivity contribution in [3.05, 3.63) is 26.9 Å². The van der Waals surface area contributed by atoms with Crippen LogP contribution in [0.25, 0.3) is 0 Å². The first-order valence-electron chi connectivity index (χ1n) is 5.58. The monoisotopic (exact) mass is 299 g/mol. The van der Waals surface area contributed by atoms with Crippen LogP contribution in [0, 0.1) is 10.1 Å². The van der Waals surface area contributed by atoms with Gasteiger partial charge in [-0.3, -0.25) is 10.1 Å². The lowest BCUT2D eigenvalue weighted by Crippen LogP contribution is -2.31. The Kier molecular flexibility index (Phi) is 3.33. The predicted octanol–water partition coefficient (Wildman–Crippen LogP) is 3.50. The summed E-state index contributed by atoms with van der Waals surface area (Å²) in [6.45, 7) is 2.09. The van der Waals surface area contributed by atoms with Gasteiger partial charge < -0.3 is 5.32 Å². The van der Waals surface area contributed by atoms with Gasteiger partial charge in [0.25, 0.3) is 0 Å². The van der Waals surface area contributed by atoms with Crippen LogP contribution in [0.4, 0.5) is 11.5 Å². The average Bonchev–Trinajstić information content (AvgIpc) is 2.67. The third kappa shape index (κ3) is 2.74. The van der Waals surface area contributed by atoms with E-state index in [1.165, 1.54) is 6.07 Å². The Hall–Kier alpha value is -1.17. The summed E-state index contributed by atoms with van der Waals surface area (Å²) in [7, 11) is 0. The van der Waals surface area contributed by atoms with E-state index in [9.17, 15) is 10.1 Å². The summed E-state index contributed by atoms with van der Waals surface area (Å²) in [6.07, 6.45) is 5.96. The lowest BCUT2D eigenvalue weighted by atomic mass is 10.0. The van der Waals surface area contributed by atoms with Crippen molar-refractivity contribution in [3.63, 3.8) is 0 Å². The van der Waals surface area contributed by atoms with E-state index in [1.54, 1.807) is 6.20 Å². The molecule has 0 radical (unpaired) electrons. The molecule has 1 aromatic rings. The van der Waals surface area contributed by atoms with Crippen LogP contribution in [0.2, 0.25) is 0 Å². The van der Waals surface area contributed by atoms with Crippen molar-refractivity contribution in [1.29, 1.82) is 0 Å². The Balaban J connectivity index is 2.28. The SMILES string of the molecule is CC1(Nc2ncc(Br)cc2[N+](=O)[O-])CCCC1. The minimum Gasteiger partial charge on any atom is -0.359 e. The van der Waals surface area contributed by atoms with Crippen molar-refractivity contribution in [3.8, 4) is 0 Å². The predicted molar refractivity (Wildman–Crippen MR) is 69.1 cm³/mol. The minimum atomic E-state index is -0.404. The van der Waals surface area contributed by atoms with Gasteiger partial charge in [0.15, 0.2) is 0 Å². The fraction of sp³-hybridized carbons (Fsp3) is 0.545. The Morgan fingerprint density at radius 1 is 1.53 bits per heavy atom. The van der Waals surface area contributed by atoms with E-state index in [0.717, 1.165) is 25.7 Å². The van der Waals surface area contributed by atoms with E-state index in [-0.39, 0.29) is 11.2 Å². The number of halogens is 1. The molecule has 0 saturated heterocycles. The zero-order valence-electron chi connectivity index (χ0n) is 9.57. The topological polar surface area (TPSA) is 68.1 Å². The second kappa shape index (κ2) is 4.60. The van der Waals surface area contributed by atoms with Crippen LogP contribution in [-0.4, -0.2) is 15.4 Å². The quantitative estimate of drug-likeness (QED) is 0.685. The van der Waals surface area contributed by atoms with Crippen LogP contribution >= 0.6 is 15.9 Å². The number of nitro groups is 1. The average molecular weight is 300 g/mol. The van der Waals surface area contributed by atoms with E-state index >= 15 is 0 Å². The number of anilines is 1. The number of nitrogens with one attached hydrogen (secondary N) is 1. The molecule has 92 valence electrons. The summed E-state index contributed by atoms with van der Waals surface area (Å²) in [5.41, 5.74) is -0.0431. The van der Waals surface area contributed by atoms with Gasteiger partial charge >= 0.3 is 5.69 Å². The number of hydrogen-bond acceptors (Lipinski definition) is 4. The molecule has 17 heavy (non-hydrogen) atoms. The van der Waals surface area contributed by atoms with Gasteiger partial charge in [-0.1, -0.05) is 12.8 Å². The number of aromatic nitrogens is 1. The Bertz CT molecular complexity index is 444. The van der Waals surface area contributed by atoms with Crippen molar-refractivity contribution < 1.29 is 4.92 Å². The summed E-state index contributed by atoms with van der Waals surface area (Å²) in [4.78, 5) is 14.7. The smallest absolute Gasteiger partial charge is 0.312 e. The molecule has 0 aromatic carbocycles. The summed E-state index contributed by atoms with van der Waals surface area (Å²) in [5.74, 6) is 0.364. The van der Waals surface area contributed by atoms with Crippen molar-refractivity contribution in [2.45, 2.75) is 38.1 Å². The van der Waals surface area contributed by atoms with Crippen LogP contribution in [0.15, 0.2) is 16.7 Å². The third-order valence-electron chi connectivity index (χ3n) is 3.16. The number of pyridine rings is 1. The molecule has 5 nitrogen and oxygen atoms in total. The number of rotatable bonds is 3. The van der Waals surface area contributed by atoms with Crippen molar-refractivity contribution in [1.82, 2.24) is 4.98 Å². The van der Waals surface area contributed by atoms with Gasteiger partial charge in [0.05, 0.1) is 4.92 Å². The van der Waals surface area contributed by atoms with Gasteiger partial charge in [0.2, 0.25) is 5.82 Å². The second-order valence-corrected chi connectivity index (χ2v) is 5.59. The maximum absolute atomic E-state index is 11.0. The lowest BCUT2D eigenvalue weighted by molar-refractivity contribution is -0.384. The van der Waals surface area contributed by atoms with Gasteiger partial charge in [-0.2, -0.15) is 0 Å². The van der Waals surface area contributed by atoms with Gasteiger partial charge in [-0.05, 0) is 35.7 Å². The zero-order chi connectivity index (χ0) is 12.5. The van der Waals surface area contributed by atoms with E-state index in [1.807, 2.05) is 0 Å². The Labute approximate surface area is 108 Å². The van der Waals surface area contributed by atoms with Gasteiger partial charge in [-0.15, -0.1) is 0 Å². The Morgan fingerprint density at radius 3 is 2.76 bits per heavy atom. The fourth-order valence-corrected chi connectivity index (χ4v) is 2.55. The van der Waals surface area contributed by atoms with Gasteiger partial charge in [-0.25, -0.2) is 4.98 Å². The van der Waals surface area contributed by atoms with Crippen molar-refractivity contribution in [2.75, 3.05) is 5.32 Å². The molecule has 6 heteroatoms. The highest BCUT2D eigenvalue weighted by Crippen LogP contribution is 2.35. The second-order valence-electron chi connectivity index (χ2n) is 4.67. The number of hydrogen-bond donors (Lipinski definition) is 1. The van der Waals surface area contributed by atoms with E-state index in [4.69, 9.17) is 0 Å². The summed E-state index contributed by atoms with van der Waals surface area (Å²) < 4.78 is 0.617. The molecule has 1 aliphatic rings. The molecule has 1 aromatic heterocycles. The largest absolute Gasteiger partial charge is 0.359 e. The molecule has 1 fully saturated rings. The summed E-state index contributed by atoms with van der Waals surface area (Å²) in [6, 6.07) is 1.48. The molecule has 0 bridgehead atoms. The van der Waals surface area contributed by atoms with Crippen LogP contribution in [0.3, 0.4) is 0 Å². The lowest BCUT2D eigenvalue weighted by Gasteiger charge is -2.25. The molecular formula is C11H14BrN3O2. The first kappa shape index (κ1) is 12.3. The van der Waals surface area contributed by atoms with Gasteiger partial charge in [0, 0.05) is 22.3 Å². The van der Waals surface area contributed by atoms with Crippen LogP contribution in [0.5, 0.6) is 0 Å². The third-order valence-corrected chi connectivity index (χ3v) is 3.59. The van der Waals surface area contributed by atoms with Crippen LogP contribution in [-0.2, 0) is 0 Å². The van der Waals surface area contributed by atoms with E-state index in [0.29, 0.717) is 10.3 Å². The van der Waals surface area contributed by atoms with Crippen LogP contribution in [0.1, 0.15) is 32.6 Å². The van der Waals surface area contributed by atoms with Crippen LogP contribution < -0.4 is 5.32 Å². The molecule has 1 saturated carbocycles. The molecule has 0 amide bonds. The zero-order valence-corrected chi connectivity index (χ0v) is 11.2. The first-order chi connectivity index (χ1) is 8.00. The first-order valence-corrected chi connectivity index (χ1v) is 6.38. The maximum Gasteiger partial charge on any atom is 0.312 e. The van der Waals surface area contributed by atoms with Crippen molar-refractivity contribution >= 4 is 27.4 Å². The highest BCUT2D eigenvalue weighted by atomic mass is 79.9. The standard InChI is InChI=1S/C11H14BrN3O2/c1-11(4-2-3-5-11)14-10-9(15(16)17)6-8(12)7-13-10/h6-7H,2-5H2,1H3,(H,13,14). The van der Waals surface area contributed by atoms with Crippen molar-refractivity contribution in [2.24, 2.45) is 0 Å². The van der Waals surface area contributed by atoms with Gasteiger partial charge in [0.1, 0.15) is 0 Å². The molecule has 0 spiro atoms. The minimum absolute atomic E-state index is 0.0208. The molecule has 1 N–H and O–H groups in total. The molecule has 1 aliphatic carbocycles. The fourth-order valence-electron chi connectivity index (χ4n) is 2.23. The highest BCUT2D eigenvalue weighted by Gasteiger charge is 2.31. The molecule has 2 rings (SSSR count). The van der Waals surface area contributed by atoms with E-state index < -0.39 is 4.92 Å². The maximum atomic E-state index is 11.0. The van der Waals surface area contributed by atoms with E-state index in [2.05, 4.69) is 33.2 Å². The summed E-state index contributed by atoms with van der Waals surface area (Å²) in [5, 5.41) is 14.2. The Morgan fingerprint density at radius 2 is 2.18 bits per heavy atom. The molecule has 0 aliphatic heterocycles. The highest BCUT2D eigenvalue weighted by molar-refractivity contribution is 9.10. The number of nitrogens with zero attached hydrogens (tertiary/aromatic N) is 2. The molecule has 1 heterocycles.